The molecule has 0 aromatic heterocycles. The summed E-state index contributed by atoms with van der Waals surface area (Å²) in [7, 11) is 1.58. The van der Waals surface area contributed by atoms with Crippen LogP contribution >= 0.6 is 0 Å². The summed E-state index contributed by atoms with van der Waals surface area (Å²) in [6.45, 7) is 2.15. The summed E-state index contributed by atoms with van der Waals surface area (Å²) >= 11 is 0. The first kappa shape index (κ1) is 17.2. The van der Waals surface area contributed by atoms with Gasteiger partial charge in [0.2, 0.25) is 0 Å². The third kappa shape index (κ3) is 3.90. The van der Waals surface area contributed by atoms with Crippen LogP contribution in [-0.4, -0.2) is 7.11 Å². The molecule has 0 fully saturated rings. The van der Waals surface area contributed by atoms with Crippen molar-refractivity contribution in [2.45, 2.75) is 26.2 Å². The molecule has 0 bridgehead atoms. The lowest BCUT2D eigenvalue weighted by Gasteiger charge is -2.13. The molecule has 0 N–H and O–H groups in total. The molecule has 0 unspecified atom stereocenters. The predicted molar refractivity (Wildman–Crippen MR) is 102 cm³/mol. The average molecular weight is 334 g/mol. The van der Waals surface area contributed by atoms with Crippen LogP contribution < -0.4 is 4.74 Å². The first-order valence-corrected chi connectivity index (χ1v) is 8.71. The molecule has 0 aliphatic carbocycles. The van der Waals surface area contributed by atoms with E-state index in [1.165, 1.54) is 11.1 Å². The van der Waals surface area contributed by atoms with Gasteiger partial charge < -0.3 is 4.74 Å². The van der Waals surface area contributed by atoms with Gasteiger partial charge in [-0.25, -0.2) is 4.39 Å². The Morgan fingerprint density at radius 2 is 1.48 bits per heavy atom. The molecule has 0 saturated carbocycles. The molecule has 0 heterocycles. The zero-order valence-electron chi connectivity index (χ0n) is 14.8. The quantitative estimate of drug-likeness (QED) is 0.549. The molecule has 0 atom stereocenters. The van der Waals surface area contributed by atoms with E-state index in [-0.39, 0.29) is 5.82 Å². The summed E-state index contributed by atoms with van der Waals surface area (Å²) < 4.78 is 20.5. The molecule has 3 aromatic rings. The highest BCUT2D eigenvalue weighted by molar-refractivity contribution is 5.72. The molecule has 3 aromatic carbocycles. The van der Waals surface area contributed by atoms with E-state index < -0.39 is 0 Å². The van der Waals surface area contributed by atoms with Crippen LogP contribution in [0.2, 0.25) is 0 Å². The van der Waals surface area contributed by atoms with Crippen molar-refractivity contribution >= 4 is 0 Å². The first-order valence-electron chi connectivity index (χ1n) is 8.71. The molecule has 1 nitrogen and oxygen atoms in total. The highest BCUT2D eigenvalue weighted by Gasteiger charge is 2.15. The predicted octanol–water partition coefficient (Wildman–Crippen LogP) is 5.85. The molecular formula is C23H23FO. The Morgan fingerprint density at radius 3 is 2.12 bits per heavy atom. The van der Waals surface area contributed by atoms with Crippen LogP contribution in [-0.2, 0) is 19.3 Å². The third-order valence-corrected chi connectivity index (χ3v) is 4.58. The molecule has 0 aliphatic rings. The maximum atomic E-state index is 15.1. The van der Waals surface area contributed by atoms with Crippen molar-refractivity contribution < 1.29 is 9.13 Å². The maximum absolute atomic E-state index is 15.1. The summed E-state index contributed by atoms with van der Waals surface area (Å²) in [6.07, 6.45) is 2.52. The van der Waals surface area contributed by atoms with Gasteiger partial charge in [0.15, 0.2) is 0 Å². The van der Waals surface area contributed by atoms with Crippen molar-refractivity contribution in [3.8, 4) is 16.9 Å². The average Bonchev–Trinajstić information content (AvgIpc) is 2.67. The number of rotatable bonds is 6. The first-order chi connectivity index (χ1) is 12.2. The van der Waals surface area contributed by atoms with Crippen LogP contribution in [0.4, 0.5) is 4.39 Å². The fourth-order valence-electron chi connectivity index (χ4n) is 3.06. The van der Waals surface area contributed by atoms with Gasteiger partial charge in [-0.3, -0.25) is 0 Å². The van der Waals surface area contributed by atoms with E-state index in [1.54, 1.807) is 7.11 Å². The molecule has 0 saturated heterocycles. The Kier molecular flexibility index (Phi) is 5.49. The number of hydrogen-bond acceptors (Lipinski definition) is 1. The van der Waals surface area contributed by atoms with Gasteiger partial charge in [-0.15, -0.1) is 0 Å². The van der Waals surface area contributed by atoms with Gasteiger partial charge in [0.25, 0.3) is 0 Å². The Morgan fingerprint density at radius 1 is 0.800 bits per heavy atom. The molecule has 0 spiro atoms. The van der Waals surface area contributed by atoms with Crippen LogP contribution in [0, 0.1) is 5.82 Å². The van der Waals surface area contributed by atoms with Gasteiger partial charge in [-0.05, 0) is 47.6 Å². The summed E-state index contributed by atoms with van der Waals surface area (Å²) in [5.41, 5.74) is 4.66. The maximum Gasteiger partial charge on any atom is 0.137 e. The Balaban J connectivity index is 1.87. The largest absolute Gasteiger partial charge is 0.496 e. The van der Waals surface area contributed by atoms with Crippen molar-refractivity contribution in [3.05, 3.63) is 89.2 Å². The van der Waals surface area contributed by atoms with Crippen LogP contribution in [0.15, 0.2) is 66.7 Å². The number of aryl methyl sites for hydroxylation is 3. The molecule has 0 aliphatic heterocycles. The normalized spacial score (nSPS) is 10.7. The van der Waals surface area contributed by atoms with Crippen molar-refractivity contribution in [1.29, 1.82) is 0 Å². The van der Waals surface area contributed by atoms with Gasteiger partial charge in [-0.2, -0.15) is 0 Å². The molecule has 0 radical (unpaired) electrons. The Bertz CT molecular complexity index is 823. The number of hydrogen-bond donors (Lipinski definition) is 0. The summed E-state index contributed by atoms with van der Waals surface area (Å²) in [4.78, 5) is 0. The van der Waals surface area contributed by atoms with E-state index in [9.17, 15) is 0 Å². The highest BCUT2D eigenvalue weighted by atomic mass is 19.1. The minimum Gasteiger partial charge on any atom is -0.496 e. The van der Waals surface area contributed by atoms with Crippen molar-refractivity contribution in [2.24, 2.45) is 0 Å². The van der Waals surface area contributed by atoms with E-state index >= 15 is 4.39 Å². The molecule has 128 valence electrons. The number of methoxy groups -OCH3 is 1. The second-order valence-electron chi connectivity index (χ2n) is 6.15. The fourth-order valence-corrected chi connectivity index (χ4v) is 3.06. The zero-order chi connectivity index (χ0) is 17.6. The topological polar surface area (TPSA) is 9.23 Å². The fraction of sp³-hybridized carbons (Fsp3) is 0.217. The smallest absolute Gasteiger partial charge is 0.137 e. The van der Waals surface area contributed by atoms with Gasteiger partial charge in [0, 0.05) is 0 Å². The number of benzene rings is 3. The van der Waals surface area contributed by atoms with E-state index in [0.29, 0.717) is 17.7 Å². The lowest BCUT2D eigenvalue weighted by atomic mass is 9.97. The highest BCUT2D eigenvalue weighted by Crippen LogP contribution is 2.34. The Labute approximate surface area is 149 Å². The van der Waals surface area contributed by atoms with Gasteiger partial charge in [0.05, 0.1) is 12.7 Å². The summed E-state index contributed by atoms with van der Waals surface area (Å²) in [5.74, 6) is 0.385. The van der Waals surface area contributed by atoms with Crippen LogP contribution in [0.1, 0.15) is 23.6 Å². The Hall–Kier alpha value is -2.61. The van der Waals surface area contributed by atoms with Crippen LogP contribution in [0.25, 0.3) is 11.1 Å². The van der Waals surface area contributed by atoms with Crippen molar-refractivity contribution in [3.63, 3.8) is 0 Å². The van der Waals surface area contributed by atoms with Crippen molar-refractivity contribution in [1.82, 2.24) is 0 Å². The second kappa shape index (κ2) is 7.98. The van der Waals surface area contributed by atoms with Crippen LogP contribution in [0.5, 0.6) is 5.75 Å². The standard InChI is InChI=1S/C23H23FO/c1-3-17-9-11-18(12-10-17)13-14-20-15-16-21(25-2)22(23(20)24)19-7-5-4-6-8-19/h4-12,15-16H,3,13-14H2,1-2H3. The van der Waals surface area contributed by atoms with Gasteiger partial charge >= 0.3 is 0 Å². The lowest BCUT2D eigenvalue weighted by molar-refractivity contribution is 0.413. The third-order valence-electron chi connectivity index (χ3n) is 4.58. The molecular weight excluding hydrogens is 311 g/mol. The number of halogens is 1. The second-order valence-corrected chi connectivity index (χ2v) is 6.15. The van der Waals surface area contributed by atoms with Crippen molar-refractivity contribution in [2.75, 3.05) is 7.11 Å². The van der Waals surface area contributed by atoms with Gasteiger partial charge in [-0.1, -0.05) is 67.6 Å². The molecule has 0 amide bonds. The van der Waals surface area contributed by atoms with Gasteiger partial charge in [0.1, 0.15) is 11.6 Å². The molecule has 2 heteroatoms. The summed E-state index contributed by atoms with van der Waals surface area (Å²) in [5, 5.41) is 0. The van der Waals surface area contributed by atoms with Crippen LogP contribution in [0.3, 0.4) is 0 Å². The van der Waals surface area contributed by atoms with E-state index in [4.69, 9.17) is 4.74 Å². The lowest BCUT2D eigenvalue weighted by Crippen LogP contribution is -2.00. The minimum atomic E-state index is -0.185. The van der Waals surface area contributed by atoms with E-state index in [2.05, 4.69) is 31.2 Å². The minimum absolute atomic E-state index is 0.185. The molecule has 3 rings (SSSR count). The number of ether oxygens (including phenoxy) is 1. The van der Waals surface area contributed by atoms with E-state index in [1.807, 2.05) is 42.5 Å². The summed E-state index contributed by atoms with van der Waals surface area (Å²) in [6, 6.07) is 21.8. The van der Waals surface area contributed by atoms with E-state index in [0.717, 1.165) is 24.0 Å². The monoisotopic (exact) mass is 334 g/mol. The SMILES string of the molecule is CCc1ccc(CCc2ccc(OC)c(-c3ccccc3)c2F)cc1. The zero-order valence-corrected chi connectivity index (χ0v) is 14.8. The molecule has 25 heavy (non-hydrogen) atoms.